The summed E-state index contributed by atoms with van der Waals surface area (Å²) in [6.45, 7) is 1.31. The Kier molecular flexibility index (Phi) is 7.55. The largest absolute Gasteiger partial charge is 0.462 e. The molecule has 0 aliphatic rings. The number of carbonyl (C=O) groups is 2. The summed E-state index contributed by atoms with van der Waals surface area (Å²) in [6, 6.07) is 0. The highest BCUT2D eigenvalue weighted by Crippen LogP contribution is 2.53. The van der Waals surface area contributed by atoms with E-state index < -0.39 is 55.0 Å². The molecule has 0 bridgehead atoms. The Labute approximate surface area is 140 Å². The summed E-state index contributed by atoms with van der Waals surface area (Å²) in [7, 11) is 0. The van der Waals surface area contributed by atoms with Crippen molar-refractivity contribution < 1.29 is 58.6 Å². The van der Waals surface area contributed by atoms with Gasteiger partial charge in [0.15, 0.2) is 0 Å². The van der Waals surface area contributed by atoms with E-state index in [9.17, 15) is 49.1 Å². The van der Waals surface area contributed by atoms with Gasteiger partial charge in [-0.25, -0.2) is 9.59 Å². The highest BCUT2D eigenvalue weighted by molar-refractivity contribution is 5.91. The van der Waals surface area contributed by atoms with E-state index in [1.54, 1.807) is 0 Å². The molecule has 0 heterocycles. The van der Waals surface area contributed by atoms with Crippen LogP contribution in [0.25, 0.3) is 0 Å². The molecule has 0 aromatic carbocycles. The van der Waals surface area contributed by atoms with Gasteiger partial charge in [-0.15, -0.1) is 0 Å². The lowest BCUT2D eigenvalue weighted by atomic mass is 10.0. The van der Waals surface area contributed by atoms with E-state index >= 15 is 0 Å². The van der Waals surface area contributed by atoms with Crippen LogP contribution >= 0.6 is 0 Å². The lowest BCUT2D eigenvalue weighted by Crippen LogP contribution is -2.61. The summed E-state index contributed by atoms with van der Waals surface area (Å²) in [5, 5.41) is 0. The summed E-state index contributed by atoms with van der Waals surface area (Å²) in [5.74, 6) is -22.2. The van der Waals surface area contributed by atoms with Crippen molar-refractivity contribution in [2.24, 2.45) is 0 Å². The molecule has 0 saturated heterocycles. The Hall–Kier alpha value is -1.95. The van der Waals surface area contributed by atoms with Gasteiger partial charge in [0.05, 0.1) is 19.1 Å². The highest BCUT2D eigenvalue weighted by Gasteiger charge is 2.81. The van der Waals surface area contributed by atoms with Crippen LogP contribution < -0.4 is 0 Å². The van der Waals surface area contributed by atoms with Gasteiger partial charge in [0.25, 0.3) is 0 Å². The van der Waals surface area contributed by atoms with Crippen molar-refractivity contribution in [1.29, 1.82) is 0 Å². The molecule has 0 rings (SSSR count). The topological polar surface area (TPSA) is 52.6 Å². The van der Waals surface area contributed by atoms with Gasteiger partial charge in [-0.3, -0.25) is 0 Å². The van der Waals surface area contributed by atoms with E-state index in [0.29, 0.717) is 12.2 Å². The maximum atomic E-state index is 13.1. The van der Waals surface area contributed by atoms with Crippen LogP contribution in [0.15, 0.2) is 12.2 Å². The number of esters is 2. The third kappa shape index (κ3) is 5.80. The molecule has 0 saturated carbocycles. The molecule has 4 nitrogen and oxygen atoms in total. The van der Waals surface area contributed by atoms with Crippen molar-refractivity contribution in [2.45, 2.75) is 50.3 Å². The average molecular weight is 404 g/mol. The number of alkyl halides is 9. The molecule has 13 heteroatoms. The van der Waals surface area contributed by atoms with Gasteiger partial charge in [-0.05, 0) is 13.8 Å². The third-order valence-corrected chi connectivity index (χ3v) is 2.58. The minimum absolute atomic E-state index is 0.366. The van der Waals surface area contributed by atoms with E-state index in [-0.39, 0.29) is 0 Å². The smallest absolute Gasteiger partial charge is 0.460 e. The van der Waals surface area contributed by atoms with Crippen LogP contribution in [0.1, 0.15) is 20.3 Å². The normalized spacial score (nSPS) is 14.0. The molecule has 0 aromatic rings. The zero-order valence-electron chi connectivity index (χ0n) is 13.2. The molecule has 0 aliphatic heterocycles. The molecule has 0 spiro atoms. The van der Waals surface area contributed by atoms with Gasteiger partial charge in [0, 0.05) is 12.2 Å². The molecule has 26 heavy (non-hydrogen) atoms. The Morgan fingerprint density at radius 2 is 1.31 bits per heavy atom. The quantitative estimate of drug-likeness (QED) is 0.350. The van der Waals surface area contributed by atoms with Crippen LogP contribution in [0.4, 0.5) is 39.5 Å². The fourth-order valence-electron chi connectivity index (χ4n) is 1.30. The van der Waals surface area contributed by atoms with Crippen molar-refractivity contribution in [3.05, 3.63) is 12.2 Å². The average Bonchev–Trinajstić information content (AvgIpc) is 2.42. The van der Waals surface area contributed by atoms with Gasteiger partial charge in [-0.1, -0.05) is 0 Å². The monoisotopic (exact) mass is 404 g/mol. The number of hydrogen-bond acceptors (Lipinski definition) is 4. The second kappa shape index (κ2) is 8.16. The number of ether oxygens (including phenoxy) is 2. The minimum atomic E-state index is -7.01. The molecular formula is C13H13F9O4. The van der Waals surface area contributed by atoms with Gasteiger partial charge in [-0.2, -0.15) is 39.5 Å². The predicted octanol–water partition coefficient (Wildman–Crippen LogP) is 3.90. The highest BCUT2D eigenvalue weighted by atomic mass is 19.4. The fourth-order valence-corrected chi connectivity index (χ4v) is 1.30. The standard InChI is InChI=1S/C13H13F9O4/c1-7(2)26-9(24)4-3-8(23)25-6-5-10(14,15)11(16,17)12(18,19)13(20,21)22/h3-4,7H,5-6H2,1-2H3/b4-3+. The second-order valence-corrected chi connectivity index (χ2v) is 5.09. The number of halogens is 9. The summed E-state index contributed by atoms with van der Waals surface area (Å²) in [6.07, 6.45) is -8.92. The Morgan fingerprint density at radius 3 is 1.73 bits per heavy atom. The third-order valence-electron chi connectivity index (χ3n) is 2.58. The Morgan fingerprint density at radius 1 is 0.846 bits per heavy atom. The van der Waals surface area contributed by atoms with E-state index in [4.69, 9.17) is 0 Å². The van der Waals surface area contributed by atoms with Gasteiger partial charge >= 0.3 is 35.9 Å². The second-order valence-electron chi connectivity index (χ2n) is 5.09. The van der Waals surface area contributed by atoms with Gasteiger partial charge < -0.3 is 9.47 Å². The van der Waals surface area contributed by atoms with E-state index in [2.05, 4.69) is 9.47 Å². The summed E-state index contributed by atoms with van der Waals surface area (Å²) in [5.41, 5.74) is 0. The van der Waals surface area contributed by atoms with E-state index in [1.807, 2.05) is 0 Å². The first-order chi connectivity index (χ1) is 11.5. The maximum Gasteiger partial charge on any atom is 0.460 e. The van der Waals surface area contributed by atoms with Gasteiger partial charge in [0.2, 0.25) is 0 Å². The van der Waals surface area contributed by atoms with Gasteiger partial charge in [0.1, 0.15) is 0 Å². The number of hydrogen-bond donors (Lipinski definition) is 0. The minimum Gasteiger partial charge on any atom is -0.462 e. The lowest BCUT2D eigenvalue weighted by molar-refractivity contribution is -0.397. The predicted molar refractivity (Wildman–Crippen MR) is 66.8 cm³/mol. The molecule has 0 N–H and O–H groups in total. The molecule has 152 valence electrons. The van der Waals surface area contributed by atoms with Crippen LogP contribution in [0.5, 0.6) is 0 Å². The first kappa shape index (κ1) is 24.1. The SMILES string of the molecule is CC(C)OC(=O)/C=C/C(=O)OCCC(F)(F)C(F)(F)C(F)(F)C(F)(F)F. The Balaban J connectivity index is 4.82. The maximum absolute atomic E-state index is 13.1. The zero-order valence-corrected chi connectivity index (χ0v) is 13.2. The molecule has 0 amide bonds. The molecule has 0 atom stereocenters. The number of carbonyl (C=O) groups excluding carboxylic acids is 2. The van der Waals surface area contributed by atoms with Crippen molar-refractivity contribution >= 4 is 11.9 Å². The molecule has 0 unspecified atom stereocenters. The lowest BCUT2D eigenvalue weighted by Gasteiger charge is -2.33. The van der Waals surface area contributed by atoms with Crippen LogP contribution in [0.3, 0.4) is 0 Å². The first-order valence-corrected chi connectivity index (χ1v) is 6.71. The van der Waals surface area contributed by atoms with Crippen molar-refractivity contribution in [2.75, 3.05) is 6.61 Å². The molecule has 0 fully saturated rings. The Bertz CT molecular complexity index is 538. The van der Waals surface area contributed by atoms with Crippen molar-refractivity contribution in [1.82, 2.24) is 0 Å². The van der Waals surface area contributed by atoms with Crippen LogP contribution in [-0.2, 0) is 19.1 Å². The molecule has 0 radical (unpaired) electrons. The first-order valence-electron chi connectivity index (χ1n) is 6.71. The summed E-state index contributed by atoms with van der Waals surface area (Å²) < 4.78 is 121. The summed E-state index contributed by atoms with van der Waals surface area (Å²) >= 11 is 0. The van der Waals surface area contributed by atoms with Crippen LogP contribution in [0.2, 0.25) is 0 Å². The van der Waals surface area contributed by atoms with Crippen LogP contribution in [0, 0.1) is 0 Å². The van der Waals surface area contributed by atoms with Crippen molar-refractivity contribution in [3.63, 3.8) is 0 Å². The van der Waals surface area contributed by atoms with Crippen LogP contribution in [-0.4, -0.2) is 48.6 Å². The van der Waals surface area contributed by atoms with E-state index in [0.717, 1.165) is 0 Å². The molecular weight excluding hydrogens is 391 g/mol. The number of rotatable bonds is 8. The molecule has 0 aliphatic carbocycles. The fraction of sp³-hybridized carbons (Fsp3) is 0.692. The zero-order chi connectivity index (χ0) is 21.0. The summed E-state index contributed by atoms with van der Waals surface area (Å²) in [4.78, 5) is 22.0. The van der Waals surface area contributed by atoms with E-state index in [1.165, 1.54) is 13.8 Å². The molecule has 0 aromatic heterocycles. The van der Waals surface area contributed by atoms with Crippen molar-refractivity contribution in [3.8, 4) is 0 Å².